The van der Waals surface area contributed by atoms with Gasteiger partial charge in [-0.25, -0.2) is 8.42 Å². The number of fused-ring (bicyclic) bond motifs is 1. The highest BCUT2D eigenvalue weighted by molar-refractivity contribution is 7.92. The topological polar surface area (TPSA) is 106 Å². The normalized spacial score (nSPS) is 13.8. The Morgan fingerprint density at radius 2 is 1.81 bits per heavy atom. The quantitative estimate of drug-likeness (QED) is 0.572. The van der Waals surface area contributed by atoms with E-state index in [1.165, 1.54) is 30.7 Å². The van der Waals surface area contributed by atoms with Crippen LogP contribution in [0.1, 0.15) is 46.8 Å². The number of amides is 1. The lowest BCUT2D eigenvalue weighted by atomic mass is 10.2. The molecule has 0 bridgehead atoms. The first kappa shape index (κ1) is 22.0. The fourth-order valence-corrected chi connectivity index (χ4v) is 4.93. The number of carbonyl (C=O) groups is 1. The summed E-state index contributed by atoms with van der Waals surface area (Å²) < 4.78 is 30.1. The van der Waals surface area contributed by atoms with Gasteiger partial charge in [-0.1, -0.05) is 24.6 Å². The number of anilines is 1. The molecular weight excluding hydrogens is 426 g/mol. The average Bonchev–Trinajstić information content (AvgIpc) is 3.01. The van der Waals surface area contributed by atoms with E-state index in [2.05, 4.69) is 24.8 Å². The van der Waals surface area contributed by atoms with Gasteiger partial charge in [-0.2, -0.15) is 0 Å². The molecule has 32 heavy (non-hydrogen) atoms. The smallest absolute Gasteiger partial charge is 0.261 e. The van der Waals surface area contributed by atoms with Crippen molar-refractivity contribution >= 4 is 21.6 Å². The fraction of sp³-hybridized carbons (Fsp3) is 0.348. The number of nitrogens with one attached hydrogen (secondary N) is 2. The molecule has 0 radical (unpaired) electrons. The van der Waals surface area contributed by atoms with E-state index >= 15 is 0 Å². The van der Waals surface area contributed by atoms with Crippen LogP contribution in [0, 0.1) is 6.92 Å². The molecule has 3 aromatic rings. The Labute approximate surface area is 188 Å². The molecule has 0 atom stereocenters. The van der Waals surface area contributed by atoms with Gasteiger partial charge in [0.2, 0.25) is 0 Å². The van der Waals surface area contributed by atoms with Crippen molar-refractivity contribution in [3.63, 3.8) is 0 Å². The van der Waals surface area contributed by atoms with Crippen molar-refractivity contribution in [2.24, 2.45) is 0 Å². The van der Waals surface area contributed by atoms with Crippen LogP contribution in [-0.4, -0.2) is 35.6 Å². The van der Waals surface area contributed by atoms with Crippen molar-refractivity contribution in [3.8, 4) is 0 Å². The molecule has 2 N–H and O–H groups in total. The highest BCUT2D eigenvalue weighted by Gasteiger charge is 2.17. The second-order valence-electron chi connectivity index (χ2n) is 7.95. The summed E-state index contributed by atoms with van der Waals surface area (Å²) in [6, 6.07) is 13.1. The largest absolute Gasteiger partial charge is 0.352 e. The average molecular weight is 454 g/mol. The third-order valence-electron chi connectivity index (χ3n) is 5.64. The first-order valence-electron chi connectivity index (χ1n) is 10.8. The maximum Gasteiger partial charge on any atom is 0.261 e. The first-order chi connectivity index (χ1) is 15.4. The highest BCUT2D eigenvalue weighted by atomic mass is 32.2. The monoisotopic (exact) mass is 453 g/mol. The summed E-state index contributed by atoms with van der Waals surface area (Å²) in [6.45, 7) is 3.20. The van der Waals surface area contributed by atoms with E-state index in [0.717, 1.165) is 43.0 Å². The summed E-state index contributed by atoms with van der Waals surface area (Å²) in [6.07, 6.45) is 5.02. The number of sulfonamides is 1. The van der Waals surface area contributed by atoms with Crippen LogP contribution in [0.2, 0.25) is 0 Å². The Balaban J connectivity index is 1.35. The summed E-state index contributed by atoms with van der Waals surface area (Å²) in [5.74, 6) is 1.67. The highest BCUT2D eigenvalue weighted by Crippen LogP contribution is 2.20. The van der Waals surface area contributed by atoms with Crippen LogP contribution in [0.3, 0.4) is 0 Å². The molecule has 8 nitrogen and oxygen atoms in total. The zero-order chi connectivity index (χ0) is 22.6. The molecular formula is C23H27N5O3S. The molecule has 2 heterocycles. The Morgan fingerprint density at radius 1 is 1.03 bits per heavy atom. The number of hydrogen-bond acceptors (Lipinski definition) is 5. The summed E-state index contributed by atoms with van der Waals surface area (Å²) in [5.41, 5.74) is 1.76. The van der Waals surface area contributed by atoms with Gasteiger partial charge in [0, 0.05) is 31.5 Å². The number of benzene rings is 2. The molecule has 1 aromatic heterocycles. The SMILES string of the molecule is Cc1ccccc1NS(=O)(=O)c1ccc(C(=O)NCCc2nnc3n2CCCCC3)cc1. The van der Waals surface area contributed by atoms with Gasteiger partial charge in [-0.15, -0.1) is 10.2 Å². The molecule has 0 fully saturated rings. The van der Waals surface area contributed by atoms with Crippen LogP contribution >= 0.6 is 0 Å². The Hall–Kier alpha value is -3.20. The lowest BCUT2D eigenvalue weighted by molar-refractivity contribution is 0.0953. The van der Waals surface area contributed by atoms with Crippen LogP contribution in [0.25, 0.3) is 0 Å². The summed E-state index contributed by atoms with van der Waals surface area (Å²) in [5, 5.41) is 11.4. The first-order valence-corrected chi connectivity index (χ1v) is 12.3. The molecule has 4 rings (SSSR count). The molecule has 1 amide bonds. The molecule has 0 saturated heterocycles. The lowest BCUT2D eigenvalue weighted by Gasteiger charge is -2.11. The van der Waals surface area contributed by atoms with E-state index in [-0.39, 0.29) is 10.8 Å². The second kappa shape index (κ2) is 9.52. The maximum absolute atomic E-state index is 12.7. The number of aromatic nitrogens is 3. The molecule has 0 unspecified atom stereocenters. The minimum absolute atomic E-state index is 0.100. The van der Waals surface area contributed by atoms with E-state index in [1.807, 2.05) is 19.1 Å². The van der Waals surface area contributed by atoms with E-state index < -0.39 is 10.0 Å². The van der Waals surface area contributed by atoms with Crippen LogP contribution in [-0.2, 0) is 29.4 Å². The van der Waals surface area contributed by atoms with Crippen LogP contribution in [0.5, 0.6) is 0 Å². The van der Waals surface area contributed by atoms with E-state index in [4.69, 9.17) is 0 Å². The van der Waals surface area contributed by atoms with Crippen molar-refractivity contribution < 1.29 is 13.2 Å². The van der Waals surface area contributed by atoms with Crippen molar-refractivity contribution in [1.82, 2.24) is 20.1 Å². The molecule has 0 aliphatic carbocycles. The number of rotatable bonds is 7. The second-order valence-corrected chi connectivity index (χ2v) is 9.63. The van der Waals surface area contributed by atoms with E-state index in [0.29, 0.717) is 24.2 Å². The number of para-hydroxylation sites is 1. The van der Waals surface area contributed by atoms with Gasteiger partial charge < -0.3 is 9.88 Å². The zero-order valence-corrected chi connectivity index (χ0v) is 18.9. The third kappa shape index (κ3) is 4.99. The molecule has 9 heteroatoms. The summed E-state index contributed by atoms with van der Waals surface area (Å²) in [4.78, 5) is 12.6. The Morgan fingerprint density at radius 3 is 2.59 bits per heavy atom. The van der Waals surface area contributed by atoms with Gasteiger partial charge in [0.1, 0.15) is 11.6 Å². The fourth-order valence-electron chi connectivity index (χ4n) is 3.80. The molecule has 2 aromatic carbocycles. The minimum atomic E-state index is -3.74. The van der Waals surface area contributed by atoms with E-state index in [1.54, 1.807) is 12.1 Å². The maximum atomic E-state index is 12.7. The number of carbonyl (C=O) groups excluding carboxylic acids is 1. The Bertz CT molecular complexity index is 1200. The summed E-state index contributed by atoms with van der Waals surface area (Å²) in [7, 11) is -3.74. The predicted octanol–water partition coefficient (Wildman–Crippen LogP) is 3.09. The standard InChI is InChI=1S/C23H27N5O3S/c1-17-7-4-5-8-20(17)27-32(30,31)19-12-10-18(11-13-19)23(29)24-15-14-22-26-25-21-9-3-2-6-16-28(21)22/h4-5,7-8,10-13,27H,2-3,6,9,14-16H2,1H3,(H,24,29). The molecule has 0 spiro atoms. The lowest BCUT2D eigenvalue weighted by Crippen LogP contribution is -2.26. The molecule has 1 aliphatic heterocycles. The Kier molecular flexibility index (Phi) is 6.55. The van der Waals surface area contributed by atoms with Crippen molar-refractivity contribution in [2.75, 3.05) is 11.3 Å². The van der Waals surface area contributed by atoms with Gasteiger partial charge >= 0.3 is 0 Å². The molecule has 0 saturated carbocycles. The van der Waals surface area contributed by atoms with Crippen molar-refractivity contribution in [2.45, 2.75) is 50.5 Å². The third-order valence-corrected chi connectivity index (χ3v) is 7.02. The van der Waals surface area contributed by atoms with Crippen LogP contribution < -0.4 is 10.0 Å². The number of nitrogens with zero attached hydrogens (tertiary/aromatic N) is 3. The van der Waals surface area contributed by atoms with Crippen LogP contribution in [0.15, 0.2) is 53.4 Å². The molecule has 1 aliphatic rings. The van der Waals surface area contributed by atoms with Crippen molar-refractivity contribution in [3.05, 3.63) is 71.3 Å². The van der Waals surface area contributed by atoms with E-state index in [9.17, 15) is 13.2 Å². The van der Waals surface area contributed by atoms with Gasteiger partial charge in [-0.05, 0) is 55.7 Å². The minimum Gasteiger partial charge on any atom is -0.352 e. The molecule has 168 valence electrons. The van der Waals surface area contributed by atoms with Gasteiger partial charge in [-0.3, -0.25) is 9.52 Å². The zero-order valence-electron chi connectivity index (χ0n) is 18.0. The van der Waals surface area contributed by atoms with Crippen molar-refractivity contribution in [1.29, 1.82) is 0 Å². The number of aryl methyl sites for hydroxylation is 2. The van der Waals surface area contributed by atoms with Gasteiger partial charge in [0.15, 0.2) is 0 Å². The van der Waals surface area contributed by atoms with Gasteiger partial charge in [0.25, 0.3) is 15.9 Å². The van der Waals surface area contributed by atoms with Crippen LogP contribution in [0.4, 0.5) is 5.69 Å². The van der Waals surface area contributed by atoms with Gasteiger partial charge in [0.05, 0.1) is 10.6 Å². The summed E-state index contributed by atoms with van der Waals surface area (Å²) >= 11 is 0. The predicted molar refractivity (Wildman–Crippen MR) is 122 cm³/mol. The number of hydrogen-bond donors (Lipinski definition) is 2.